The van der Waals surface area contributed by atoms with Gasteiger partial charge in [0, 0.05) is 12.6 Å². The summed E-state index contributed by atoms with van der Waals surface area (Å²) in [5.74, 6) is 0.453. The minimum Gasteiger partial charge on any atom is -0.497 e. The zero-order valence-electron chi connectivity index (χ0n) is 14.6. The Morgan fingerprint density at radius 3 is 2.69 bits per heavy atom. The van der Waals surface area contributed by atoms with Crippen LogP contribution in [-0.4, -0.2) is 40.1 Å². The summed E-state index contributed by atoms with van der Waals surface area (Å²) < 4.78 is 6.66. The van der Waals surface area contributed by atoms with Crippen LogP contribution in [0.25, 0.3) is 5.69 Å². The highest BCUT2D eigenvalue weighted by atomic mass is 32.1. The van der Waals surface area contributed by atoms with Crippen LogP contribution < -0.4 is 16.0 Å². The number of hydrogen-bond donors (Lipinski definition) is 3. The van der Waals surface area contributed by atoms with Crippen LogP contribution in [0.2, 0.25) is 0 Å². The quantitative estimate of drug-likeness (QED) is 0.557. The predicted octanol–water partition coefficient (Wildman–Crippen LogP) is 1.58. The Morgan fingerprint density at radius 2 is 2.04 bits per heavy atom. The highest BCUT2D eigenvalue weighted by Crippen LogP contribution is 2.22. The van der Waals surface area contributed by atoms with E-state index in [0.717, 1.165) is 25.7 Å². The van der Waals surface area contributed by atoms with E-state index in [-0.39, 0.29) is 28.3 Å². The van der Waals surface area contributed by atoms with Crippen LogP contribution in [0.1, 0.15) is 31.2 Å². The first-order chi connectivity index (χ1) is 12.5. The van der Waals surface area contributed by atoms with Crippen molar-refractivity contribution in [2.45, 2.75) is 37.8 Å². The Labute approximate surface area is 156 Å². The van der Waals surface area contributed by atoms with Gasteiger partial charge in [-0.2, -0.15) is 0 Å². The number of aromatic amines is 1. The van der Waals surface area contributed by atoms with Crippen molar-refractivity contribution in [1.29, 1.82) is 0 Å². The molecule has 2 aromatic rings. The number of aliphatic imine (C=N–C) groups is 1. The van der Waals surface area contributed by atoms with Crippen molar-refractivity contribution in [2.24, 2.45) is 4.99 Å². The Balaban J connectivity index is 2.01. The van der Waals surface area contributed by atoms with E-state index in [9.17, 15) is 9.90 Å². The minimum absolute atomic E-state index is 0.0696. The third-order valence-corrected chi connectivity index (χ3v) is 5.00. The van der Waals surface area contributed by atoms with Gasteiger partial charge in [0.2, 0.25) is 5.88 Å². The summed E-state index contributed by atoms with van der Waals surface area (Å²) in [6, 6.07) is 7.31. The molecule has 0 spiro atoms. The van der Waals surface area contributed by atoms with Crippen molar-refractivity contribution < 1.29 is 15.6 Å². The van der Waals surface area contributed by atoms with Crippen molar-refractivity contribution in [3.05, 3.63) is 45.0 Å². The van der Waals surface area contributed by atoms with Crippen molar-refractivity contribution in [2.75, 3.05) is 7.11 Å². The molecule has 1 aliphatic rings. The Hall–Kier alpha value is -2.45. The lowest BCUT2D eigenvalue weighted by molar-refractivity contribution is -0.428. The topological polar surface area (TPSA) is 107 Å². The molecule has 0 amide bonds. The number of aromatic nitrogens is 2. The van der Waals surface area contributed by atoms with E-state index in [4.69, 9.17) is 17.0 Å². The van der Waals surface area contributed by atoms with Gasteiger partial charge in [0.15, 0.2) is 4.77 Å². The molecule has 1 aliphatic carbocycles. The van der Waals surface area contributed by atoms with E-state index in [1.54, 1.807) is 31.4 Å². The molecule has 138 valence electrons. The molecule has 0 radical (unpaired) electrons. The molecule has 1 aromatic carbocycles. The van der Waals surface area contributed by atoms with Crippen molar-refractivity contribution in [3.63, 3.8) is 0 Å². The van der Waals surface area contributed by atoms with E-state index in [1.165, 1.54) is 10.8 Å². The van der Waals surface area contributed by atoms with Crippen molar-refractivity contribution >= 4 is 18.4 Å². The summed E-state index contributed by atoms with van der Waals surface area (Å²) in [6.07, 6.45) is 5.68. The van der Waals surface area contributed by atoms with Crippen LogP contribution in [0.5, 0.6) is 11.6 Å². The third-order valence-electron chi connectivity index (χ3n) is 4.72. The van der Waals surface area contributed by atoms with Crippen LogP contribution in [0, 0.1) is 4.77 Å². The Kier molecular flexibility index (Phi) is 5.53. The summed E-state index contributed by atoms with van der Waals surface area (Å²) in [6.45, 7) is 0. The Morgan fingerprint density at radius 1 is 1.35 bits per heavy atom. The van der Waals surface area contributed by atoms with Gasteiger partial charge in [-0.1, -0.05) is 6.42 Å². The standard InChI is InChI=1S/C18H22N4O3S/c1-25-12-8-6-11(7-9-12)22-17(24)13(16(23)21-18(22)26)10-20-15-5-3-2-4-14(15)19/h6-10,14-15,24H,2-5,19H2,1H3,(H,21,23,26)/p+1/t14-,15-/m0/s1. The Bertz CT molecular complexity index is 918. The van der Waals surface area contributed by atoms with E-state index >= 15 is 0 Å². The van der Waals surface area contributed by atoms with Crippen molar-refractivity contribution in [3.8, 4) is 17.3 Å². The average molecular weight is 375 g/mol. The molecule has 2 atom stereocenters. The second-order valence-corrected chi connectivity index (χ2v) is 6.81. The minimum atomic E-state index is -0.461. The lowest BCUT2D eigenvalue weighted by Crippen LogP contribution is -2.66. The molecule has 7 nitrogen and oxygen atoms in total. The average Bonchev–Trinajstić information content (AvgIpc) is 2.63. The maximum Gasteiger partial charge on any atom is 0.264 e. The monoisotopic (exact) mass is 375 g/mol. The molecule has 1 saturated carbocycles. The first-order valence-corrected chi connectivity index (χ1v) is 9.01. The number of ether oxygens (including phenoxy) is 1. The largest absolute Gasteiger partial charge is 0.497 e. The normalized spacial score (nSPS) is 20.4. The number of aromatic hydroxyl groups is 1. The molecule has 1 heterocycles. The molecule has 1 fully saturated rings. The smallest absolute Gasteiger partial charge is 0.264 e. The zero-order valence-corrected chi connectivity index (χ0v) is 15.5. The molecule has 5 N–H and O–H groups in total. The van der Waals surface area contributed by atoms with Gasteiger partial charge in [-0.05, 0) is 49.3 Å². The van der Waals surface area contributed by atoms with Gasteiger partial charge in [0.05, 0.1) is 12.8 Å². The molecule has 0 saturated heterocycles. The fourth-order valence-electron chi connectivity index (χ4n) is 3.18. The summed E-state index contributed by atoms with van der Waals surface area (Å²) in [7, 11) is 1.58. The number of nitrogens with zero attached hydrogens (tertiary/aromatic N) is 2. The van der Waals surface area contributed by atoms with Crippen LogP contribution >= 0.6 is 12.2 Å². The molecular formula is C18H23N4O3S+. The molecule has 0 aliphatic heterocycles. The van der Waals surface area contributed by atoms with E-state index in [0.29, 0.717) is 11.4 Å². The lowest BCUT2D eigenvalue weighted by Gasteiger charge is -2.22. The molecule has 0 unspecified atom stereocenters. The van der Waals surface area contributed by atoms with E-state index in [1.807, 2.05) is 0 Å². The third kappa shape index (κ3) is 3.71. The molecule has 26 heavy (non-hydrogen) atoms. The SMILES string of the molecule is COc1ccc(-n2c(O)c(C=N[C@H]3CCCC[C@@H]3[NH3+])c(=O)[nH]c2=S)cc1. The van der Waals surface area contributed by atoms with Gasteiger partial charge in [-0.15, -0.1) is 0 Å². The molecular weight excluding hydrogens is 352 g/mol. The highest BCUT2D eigenvalue weighted by molar-refractivity contribution is 7.71. The maximum absolute atomic E-state index is 12.3. The zero-order chi connectivity index (χ0) is 18.7. The lowest BCUT2D eigenvalue weighted by atomic mass is 9.91. The fourth-order valence-corrected chi connectivity index (χ4v) is 3.46. The summed E-state index contributed by atoms with van der Waals surface area (Å²) >= 11 is 5.22. The van der Waals surface area contributed by atoms with Gasteiger partial charge in [0.1, 0.15) is 23.4 Å². The van der Waals surface area contributed by atoms with Gasteiger partial charge < -0.3 is 15.6 Å². The number of rotatable bonds is 4. The summed E-state index contributed by atoms with van der Waals surface area (Å²) in [5.41, 5.74) is 4.38. The van der Waals surface area contributed by atoms with E-state index < -0.39 is 5.56 Å². The van der Waals surface area contributed by atoms with Crippen LogP contribution in [0.15, 0.2) is 34.1 Å². The number of hydrogen-bond acceptors (Lipinski definition) is 5. The van der Waals surface area contributed by atoms with Gasteiger partial charge in [-0.25, -0.2) is 0 Å². The number of quaternary nitrogens is 1. The molecule has 0 bridgehead atoms. The maximum atomic E-state index is 12.3. The number of benzene rings is 1. The first-order valence-electron chi connectivity index (χ1n) is 8.60. The van der Waals surface area contributed by atoms with Crippen LogP contribution in [0.3, 0.4) is 0 Å². The number of nitrogens with one attached hydrogen (secondary N) is 1. The van der Waals surface area contributed by atoms with Crippen LogP contribution in [0.4, 0.5) is 0 Å². The fraction of sp³-hybridized carbons (Fsp3) is 0.389. The van der Waals surface area contributed by atoms with Gasteiger partial charge in [0.25, 0.3) is 5.56 Å². The van der Waals surface area contributed by atoms with Crippen molar-refractivity contribution in [1.82, 2.24) is 9.55 Å². The van der Waals surface area contributed by atoms with Gasteiger partial charge >= 0.3 is 0 Å². The van der Waals surface area contributed by atoms with E-state index in [2.05, 4.69) is 15.7 Å². The summed E-state index contributed by atoms with van der Waals surface area (Å²) in [4.78, 5) is 19.4. The molecule has 8 heteroatoms. The molecule has 1 aromatic heterocycles. The molecule has 3 rings (SSSR count). The summed E-state index contributed by atoms with van der Waals surface area (Å²) in [5, 5.41) is 10.7. The highest BCUT2D eigenvalue weighted by Gasteiger charge is 2.24. The van der Waals surface area contributed by atoms with Crippen LogP contribution in [-0.2, 0) is 0 Å². The number of methoxy groups -OCH3 is 1. The predicted molar refractivity (Wildman–Crippen MR) is 102 cm³/mol. The first kappa shape index (κ1) is 18.3. The van der Waals surface area contributed by atoms with Gasteiger partial charge in [-0.3, -0.25) is 19.3 Å². The second kappa shape index (κ2) is 7.84. The second-order valence-electron chi connectivity index (χ2n) is 6.42. The number of H-pyrrole nitrogens is 1.